The predicted molar refractivity (Wildman–Crippen MR) is 117 cm³/mol. The topological polar surface area (TPSA) is 86.0 Å². The van der Waals surface area contributed by atoms with Gasteiger partial charge in [0.25, 0.3) is 0 Å². The summed E-state index contributed by atoms with van der Waals surface area (Å²) < 4.78 is 0. The van der Waals surface area contributed by atoms with Crippen LogP contribution in [0.15, 0.2) is 59.7 Å². The monoisotopic (exact) mass is 386 g/mol. The van der Waals surface area contributed by atoms with Crippen molar-refractivity contribution in [1.29, 1.82) is 5.26 Å². The van der Waals surface area contributed by atoms with Crippen molar-refractivity contribution in [2.75, 3.05) is 5.32 Å². The zero-order valence-corrected chi connectivity index (χ0v) is 17.1. The van der Waals surface area contributed by atoms with Crippen molar-refractivity contribution in [3.8, 4) is 6.19 Å². The first-order chi connectivity index (χ1) is 14.1. The van der Waals surface area contributed by atoms with Gasteiger partial charge in [0.05, 0.1) is 22.8 Å². The molecule has 0 aliphatic carbocycles. The van der Waals surface area contributed by atoms with Crippen molar-refractivity contribution in [3.05, 3.63) is 66.0 Å². The number of nitrogens with one attached hydrogen (secondary N) is 2. The van der Waals surface area contributed by atoms with Crippen molar-refractivity contribution in [3.63, 3.8) is 0 Å². The second-order valence-electron chi connectivity index (χ2n) is 7.35. The number of aliphatic imine (C=N–C) groups is 1. The Morgan fingerprint density at radius 3 is 2.55 bits per heavy atom. The van der Waals surface area contributed by atoms with E-state index in [0.29, 0.717) is 11.9 Å². The molecule has 1 aromatic heterocycles. The zero-order chi connectivity index (χ0) is 20.6. The lowest BCUT2D eigenvalue weighted by Crippen LogP contribution is -2.30. The molecule has 0 radical (unpaired) electrons. The van der Waals surface area contributed by atoms with Gasteiger partial charge in [0.15, 0.2) is 6.19 Å². The lowest BCUT2D eigenvalue weighted by molar-refractivity contribution is 0.464. The number of fused-ring (bicyclic) bond motifs is 1. The molecule has 3 rings (SSSR count). The summed E-state index contributed by atoms with van der Waals surface area (Å²) in [7, 11) is 0. The Morgan fingerprint density at radius 2 is 1.83 bits per heavy atom. The Kier molecular flexibility index (Phi) is 6.75. The Hall–Kier alpha value is -3.46. The molecule has 1 heterocycles. The van der Waals surface area contributed by atoms with Crippen molar-refractivity contribution < 1.29 is 0 Å². The number of para-hydroxylation sites is 3. The van der Waals surface area contributed by atoms with Crippen LogP contribution in [0.3, 0.4) is 0 Å². The van der Waals surface area contributed by atoms with Gasteiger partial charge in [0.2, 0.25) is 5.96 Å². The summed E-state index contributed by atoms with van der Waals surface area (Å²) in [5, 5.41) is 15.1. The molecule has 0 amide bonds. The van der Waals surface area contributed by atoms with E-state index in [0.717, 1.165) is 40.8 Å². The van der Waals surface area contributed by atoms with Crippen LogP contribution in [0.2, 0.25) is 0 Å². The van der Waals surface area contributed by atoms with Gasteiger partial charge in [0, 0.05) is 11.9 Å². The minimum Gasteiger partial charge on any atom is -0.325 e. The summed E-state index contributed by atoms with van der Waals surface area (Å²) in [5.74, 6) is 0.780. The lowest BCUT2D eigenvalue weighted by atomic mass is 9.99. The molecular formula is C23H26N6. The summed E-state index contributed by atoms with van der Waals surface area (Å²) in [6.07, 6.45) is 5.41. The third-order valence-electron chi connectivity index (χ3n) is 4.83. The highest BCUT2D eigenvalue weighted by atomic mass is 15.2. The highest BCUT2D eigenvalue weighted by Gasteiger charge is 2.15. The maximum absolute atomic E-state index is 9.14. The Labute approximate surface area is 171 Å². The zero-order valence-electron chi connectivity index (χ0n) is 17.1. The maximum atomic E-state index is 9.14. The summed E-state index contributed by atoms with van der Waals surface area (Å²) in [4.78, 5) is 14.0. The minimum atomic E-state index is 0.0376. The molecular weight excluding hydrogens is 360 g/mol. The van der Waals surface area contributed by atoms with E-state index in [9.17, 15) is 0 Å². The number of hydrogen-bond acceptors (Lipinski definition) is 4. The second-order valence-corrected chi connectivity index (χ2v) is 7.35. The van der Waals surface area contributed by atoms with E-state index in [1.165, 1.54) is 0 Å². The van der Waals surface area contributed by atoms with Gasteiger partial charge in [-0.25, -0.2) is 9.98 Å². The van der Waals surface area contributed by atoms with Crippen LogP contribution in [0, 0.1) is 24.3 Å². The fourth-order valence-electron chi connectivity index (χ4n) is 3.11. The standard InChI is InChI=1S/C23H26N6/c1-16(2)19(13-12-18-14-25-21-10-6-7-11-22(21)27-18)28-23(26-15-24)29-20-9-5-4-8-17(20)3/h4-11,14,16,19H,12-13H2,1-3H3,(H2,26,28,29). The van der Waals surface area contributed by atoms with Gasteiger partial charge in [-0.15, -0.1) is 0 Å². The number of nitrogens with zero attached hydrogens (tertiary/aromatic N) is 4. The van der Waals surface area contributed by atoms with Gasteiger partial charge in [-0.3, -0.25) is 10.3 Å². The average molecular weight is 387 g/mol. The van der Waals surface area contributed by atoms with Crippen LogP contribution in [-0.2, 0) is 6.42 Å². The lowest BCUT2D eigenvalue weighted by Gasteiger charge is -2.19. The van der Waals surface area contributed by atoms with E-state index in [1.54, 1.807) is 0 Å². The SMILES string of the molecule is Cc1ccccc1NC(=NC(CCc1cnc2ccccc2n1)C(C)C)NC#N. The summed E-state index contributed by atoms with van der Waals surface area (Å²) in [6.45, 7) is 6.29. The molecule has 0 aliphatic heterocycles. The first-order valence-corrected chi connectivity index (χ1v) is 9.83. The first kappa shape index (κ1) is 20.3. The van der Waals surface area contributed by atoms with Crippen LogP contribution in [0.25, 0.3) is 11.0 Å². The third-order valence-corrected chi connectivity index (χ3v) is 4.83. The number of guanidine groups is 1. The fraction of sp³-hybridized carbons (Fsp3) is 0.304. The number of anilines is 1. The number of aromatic nitrogens is 2. The highest BCUT2D eigenvalue weighted by molar-refractivity contribution is 5.95. The molecule has 0 spiro atoms. The Bertz CT molecular complexity index is 1030. The average Bonchev–Trinajstić information content (AvgIpc) is 2.72. The number of rotatable bonds is 6. The Balaban J connectivity index is 1.75. The van der Waals surface area contributed by atoms with Crippen LogP contribution >= 0.6 is 0 Å². The molecule has 0 saturated heterocycles. The summed E-state index contributed by atoms with van der Waals surface area (Å²) in [6, 6.07) is 15.8. The van der Waals surface area contributed by atoms with Crippen LogP contribution in [0.5, 0.6) is 0 Å². The first-order valence-electron chi connectivity index (χ1n) is 9.83. The number of aryl methyl sites for hydroxylation is 2. The van der Waals surface area contributed by atoms with Crippen LogP contribution in [0.1, 0.15) is 31.5 Å². The number of benzene rings is 2. The van der Waals surface area contributed by atoms with Gasteiger partial charge < -0.3 is 5.32 Å². The van der Waals surface area contributed by atoms with E-state index >= 15 is 0 Å². The molecule has 2 aromatic carbocycles. The Morgan fingerprint density at radius 1 is 1.10 bits per heavy atom. The van der Waals surface area contributed by atoms with Crippen LogP contribution < -0.4 is 10.6 Å². The largest absolute Gasteiger partial charge is 0.325 e. The van der Waals surface area contributed by atoms with Gasteiger partial charge in [0.1, 0.15) is 0 Å². The molecule has 6 heteroatoms. The number of nitriles is 1. The molecule has 0 fully saturated rings. The molecule has 0 aliphatic rings. The normalized spacial score (nSPS) is 12.6. The van der Waals surface area contributed by atoms with Crippen molar-refractivity contribution >= 4 is 22.7 Å². The summed E-state index contributed by atoms with van der Waals surface area (Å²) >= 11 is 0. The molecule has 0 saturated carbocycles. The molecule has 148 valence electrons. The van der Waals surface area contributed by atoms with Crippen LogP contribution in [-0.4, -0.2) is 22.0 Å². The molecule has 0 bridgehead atoms. The molecule has 2 N–H and O–H groups in total. The molecule has 1 unspecified atom stereocenters. The smallest absolute Gasteiger partial charge is 0.209 e. The van der Waals surface area contributed by atoms with Crippen molar-refractivity contribution in [2.24, 2.45) is 10.9 Å². The van der Waals surface area contributed by atoms with Crippen molar-refractivity contribution in [2.45, 2.75) is 39.7 Å². The molecule has 1 atom stereocenters. The van der Waals surface area contributed by atoms with E-state index in [-0.39, 0.29) is 6.04 Å². The summed E-state index contributed by atoms with van der Waals surface area (Å²) in [5.41, 5.74) is 4.77. The second kappa shape index (κ2) is 9.65. The van der Waals surface area contributed by atoms with Gasteiger partial charge in [-0.05, 0) is 49.4 Å². The van der Waals surface area contributed by atoms with E-state index in [1.807, 2.05) is 67.8 Å². The van der Waals surface area contributed by atoms with E-state index in [2.05, 4.69) is 29.5 Å². The van der Waals surface area contributed by atoms with Gasteiger partial charge >= 0.3 is 0 Å². The maximum Gasteiger partial charge on any atom is 0.209 e. The number of hydrogen-bond donors (Lipinski definition) is 2. The third kappa shape index (κ3) is 5.52. The highest BCUT2D eigenvalue weighted by Crippen LogP contribution is 2.17. The van der Waals surface area contributed by atoms with E-state index in [4.69, 9.17) is 15.2 Å². The molecule has 3 aromatic rings. The fourth-order valence-corrected chi connectivity index (χ4v) is 3.11. The van der Waals surface area contributed by atoms with Gasteiger partial charge in [-0.2, -0.15) is 5.26 Å². The molecule has 29 heavy (non-hydrogen) atoms. The van der Waals surface area contributed by atoms with Crippen LogP contribution in [0.4, 0.5) is 5.69 Å². The quantitative estimate of drug-likeness (QED) is 0.283. The molecule has 6 nitrogen and oxygen atoms in total. The van der Waals surface area contributed by atoms with Crippen molar-refractivity contribution in [1.82, 2.24) is 15.3 Å². The minimum absolute atomic E-state index is 0.0376. The predicted octanol–water partition coefficient (Wildman–Crippen LogP) is 4.43. The van der Waals surface area contributed by atoms with Gasteiger partial charge in [-0.1, -0.05) is 44.2 Å². The van der Waals surface area contributed by atoms with E-state index < -0.39 is 0 Å².